The molecule has 0 saturated heterocycles. The van der Waals surface area contributed by atoms with Gasteiger partial charge in [0.25, 0.3) is 0 Å². The molecule has 0 unspecified atom stereocenters. The fraction of sp³-hybridized carbons (Fsp3) is 0.471. The van der Waals surface area contributed by atoms with Gasteiger partial charge in [0.15, 0.2) is 0 Å². The lowest BCUT2D eigenvalue weighted by atomic mass is 10.2. The van der Waals surface area contributed by atoms with Crippen molar-refractivity contribution in [1.29, 1.82) is 0 Å². The van der Waals surface area contributed by atoms with Gasteiger partial charge in [0, 0.05) is 27.7 Å². The SMILES string of the molecule is COC[C@@H](NC(C)=O)C(=O)N[C@H](COC)C(=O)NCc1ccccc1. The van der Waals surface area contributed by atoms with Gasteiger partial charge < -0.3 is 25.4 Å². The first-order valence-electron chi connectivity index (χ1n) is 7.85. The van der Waals surface area contributed by atoms with Crippen LogP contribution in [0, 0.1) is 0 Å². The molecule has 0 radical (unpaired) electrons. The smallest absolute Gasteiger partial charge is 0.245 e. The molecule has 3 N–H and O–H groups in total. The predicted molar refractivity (Wildman–Crippen MR) is 91.6 cm³/mol. The molecule has 1 aromatic rings. The van der Waals surface area contributed by atoms with E-state index in [0.29, 0.717) is 6.54 Å². The molecular weight excluding hydrogens is 326 g/mol. The highest BCUT2D eigenvalue weighted by atomic mass is 16.5. The van der Waals surface area contributed by atoms with Gasteiger partial charge >= 0.3 is 0 Å². The van der Waals surface area contributed by atoms with Crippen LogP contribution in [-0.4, -0.2) is 57.2 Å². The van der Waals surface area contributed by atoms with E-state index < -0.39 is 18.0 Å². The van der Waals surface area contributed by atoms with Crippen LogP contribution in [0.3, 0.4) is 0 Å². The first kappa shape index (κ1) is 20.6. The summed E-state index contributed by atoms with van der Waals surface area (Å²) in [5, 5.41) is 7.80. The normalized spacial score (nSPS) is 12.8. The van der Waals surface area contributed by atoms with Crippen LogP contribution in [0.1, 0.15) is 12.5 Å². The van der Waals surface area contributed by atoms with Crippen LogP contribution in [0.2, 0.25) is 0 Å². The number of ether oxygens (including phenoxy) is 2. The van der Waals surface area contributed by atoms with E-state index in [0.717, 1.165) is 5.56 Å². The molecule has 0 saturated carbocycles. The van der Waals surface area contributed by atoms with Crippen molar-refractivity contribution in [3.05, 3.63) is 35.9 Å². The van der Waals surface area contributed by atoms with Crippen LogP contribution in [0.25, 0.3) is 0 Å². The Bertz CT molecular complexity index is 565. The third-order valence-corrected chi connectivity index (χ3v) is 3.30. The molecule has 8 nitrogen and oxygen atoms in total. The van der Waals surface area contributed by atoms with Crippen molar-refractivity contribution in [1.82, 2.24) is 16.0 Å². The Hall–Kier alpha value is -2.45. The Balaban J connectivity index is 2.65. The van der Waals surface area contributed by atoms with E-state index in [-0.39, 0.29) is 25.0 Å². The van der Waals surface area contributed by atoms with Crippen LogP contribution in [0.5, 0.6) is 0 Å². The molecule has 0 aliphatic carbocycles. The number of amides is 3. The zero-order valence-electron chi connectivity index (χ0n) is 14.7. The number of benzene rings is 1. The van der Waals surface area contributed by atoms with Gasteiger partial charge in [-0.3, -0.25) is 14.4 Å². The minimum absolute atomic E-state index is 0.00322. The van der Waals surface area contributed by atoms with E-state index in [1.165, 1.54) is 21.1 Å². The van der Waals surface area contributed by atoms with Crippen LogP contribution in [-0.2, 0) is 30.4 Å². The van der Waals surface area contributed by atoms with E-state index in [1.54, 1.807) is 0 Å². The van der Waals surface area contributed by atoms with Gasteiger partial charge in [0.2, 0.25) is 17.7 Å². The lowest BCUT2D eigenvalue weighted by Crippen LogP contribution is -2.56. The summed E-state index contributed by atoms with van der Waals surface area (Å²) in [4.78, 5) is 35.8. The van der Waals surface area contributed by atoms with Crippen molar-refractivity contribution < 1.29 is 23.9 Å². The van der Waals surface area contributed by atoms with Gasteiger partial charge in [-0.2, -0.15) is 0 Å². The Kier molecular flexibility index (Phi) is 9.20. The molecule has 1 aromatic carbocycles. The van der Waals surface area contributed by atoms with Crippen molar-refractivity contribution in [3.8, 4) is 0 Å². The van der Waals surface area contributed by atoms with E-state index in [4.69, 9.17) is 9.47 Å². The third kappa shape index (κ3) is 7.77. The molecule has 3 amide bonds. The Morgan fingerprint density at radius 3 is 2.00 bits per heavy atom. The molecule has 0 aromatic heterocycles. The quantitative estimate of drug-likeness (QED) is 0.531. The largest absolute Gasteiger partial charge is 0.382 e. The van der Waals surface area contributed by atoms with Gasteiger partial charge in [-0.1, -0.05) is 30.3 Å². The first-order valence-corrected chi connectivity index (χ1v) is 7.85. The van der Waals surface area contributed by atoms with Gasteiger partial charge in [-0.25, -0.2) is 0 Å². The Morgan fingerprint density at radius 2 is 1.48 bits per heavy atom. The zero-order valence-corrected chi connectivity index (χ0v) is 14.7. The molecule has 8 heteroatoms. The average molecular weight is 351 g/mol. The minimum atomic E-state index is -0.885. The first-order chi connectivity index (χ1) is 12.0. The van der Waals surface area contributed by atoms with Crippen molar-refractivity contribution in [2.45, 2.75) is 25.6 Å². The number of carbonyl (C=O) groups is 3. The fourth-order valence-corrected chi connectivity index (χ4v) is 2.13. The van der Waals surface area contributed by atoms with Crippen LogP contribution < -0.4 is 16.0 Å². The second-order valence-corrected chi connectivity index (χ2v) is 5.43. The van der Waals surface area contributed by atoms with Crippen LogP contribution in [0.4, 0.5) is 0 Å². The van der Waals surface area contributed by atoms with Gasteiger partial charge in [-0.15, -0.1) is 0 Å². The minimum Gasteiger partial charge on any atom is -0.382 e. The summed E-state index contributed by atoms with van der Waals surface area (Å²) in [5.74, 6) is -1.26. The third-order valence-electron chi connectivity index (χ3n) is 3.30. The number of hydrogen-bond donors (Lipinski definition) is 3. The molecule has 1 rings (SSSR count). The molecule has 25 heavy (non-hydrogen) atoms. The van der Waals surface area contributed by atoms with E-state index in [2.05, 4.69) is 16.0 Å². The molecule has 0 heterocycles. The summed E-state index contributed by atoms with van der Waals surface area (Å²) in [6.07, 6.45) is 0. The molecule has 0 bridgehead atoms. The highest BCUT2D eigenvalue weighted by Crippen LogP contribution is 1.98. The number of rotatable bonds is 10. The highest BCUT2D eigenvalue weighted by Gasteiger charge is 2.26. The number of hydrogen-bond acceptors (Lipinski definition) is 5. The van der Waals surface area contributed by atoms with E-state index in [9.17, 15) is 14.4 Å². The fourth-order valence-electron chi connectivity index (χ4n) is 2.13. The summed E-state index contributed by atoms with van der Waals surface area (Å²) in [7, 11) is 2.85. The molecule has 0 fully saturated rings. The maximum Gasteiger partial charge on any atom is 0.245 e. The van der Waals surface area contributed by atoms with Gasteiger partial charge in [-0.05, 0) is 5.56 Å². The topological polar surface area (TPSA) is 106 Å². The van der Waals surface area contributed by atoms with Crippen LogP contribution >= 0.6 is 0 Å². The second kappa shape index (κ2) is 11.2. The monoisotopic (exact) mass is 351 g/mol. The number of carbonyl (C=O) groups excluding carboxylic acids is 3. The van der Waals surface area contributed by atoms with Gasteiger partial charge in [0.1, 0.15) is 12.1 Å². The summed E-state index contributed by atoms with van der Waals surface area (Å²) in [5.41, 5.74) is 0.939. The highest BCUT2D eigenvalue weighted by molar-refractivity contribution is 5.91. The molecule has 0 aliphatic rings. The zero-order chi connectivity index (χ0) is 18.7. The summed E-state index contributed by atoms with van der Waals surface area (Å²) < 4.78 is 9.93. The summed E-state index contributed by atoms with van der Waals surface area (Å²) in [6, 6.07) is 7.64. The standard InChI is InChI=1S/C17H25N3O5/c1-12(21)19-15(11-25-3)17(23)20-14(10-24-2)16(22)18-9-13-7-5-4-6-8-13/h4-8,14-15H,9-11H2,1-3H3,(H,18,22)(H,19,21)(H,20,23)/t14-,15-/m1/s1. The Labute approximate surface area is 147 Å². The van der Waals surface area contributed by atoms with Crippen molar-refractivity contribution >= 4 is 17.7 Å². The lowest BCUT2D eigenvalue weighted by Gasteiger charge is -2.22. The molecular formula is C17H25N3O5. The second-order valence-electron chi connectivity index (χ2n) is 5.43. The summed E-state index contributed by atoms with van der Waals surface area (Å²) in [6.45, 7) is 1.64. The maximum atomic E-state index is 12.3. The van der Waals surface area contributed by atoms with Crippen molar-refractivity contribution in [2.75, 3.05) is 27.4 Å². The summed E-state index contributed by atoms with van der Waals surface area (Å²) >= 11 is 0. The van der Waals surface area contributed by atoms with Crippen LogP contribution in [0.15, 0.2) is 30.3 Å². The lowest BCUT2D eigenvalue weighted by molar-refractivity contribution is -0.133. The van der Waals surface area contributed by atoms with E-state index in [1.807, 2.05) is 30.3 Å². The average Bonchev–Trinajstić information content (AvgIpc) is 2.59. The Morgan fingerprint density at radius 1 is 0.920 bits per heavy atom. The van der Waals surface area contributed by atoms with Gasteiger partial charge in [0.05, 0.1) is 13.2 Å². The van der Waals surface area contributed by atoms with Crippen molar-refractivity contribution in [2.24, 2.45) is 0 Å². The van der Waals surface area contributed by atoms with E-state index >= 15 is 0 Å². The molecule has 0 spiro atoms. The predicted octanol–water partition coefficient (Wildman–Crippen LogP) is -0.415. The molecule has 0 aliphatic heterocycles. The number of methoxy groups -OCH3 is 2. The maximum absolute atomic E-state index is 12.3. The number of nitrogens with one attached hydrogen (secondary N) is 3. The molecule has 138 valence electrons. The molecule has 2 atom stereocenters. The van der Waals surface area contributed by atoms with Crippen molar-refractivity contribution in [3.63, 3.8) is 0 Å².